The molecule has 0 spiro atoms. The average Bonchev–Trinajstić information content (AvgIpc) is 2.71. The minimum absolute atomic E-state index is 0.0539. The number of hydrogen-bond acceptors (Lipinski definition) is 5. The van der Waals surface area contributed by atoms with E-state index in [1.165, 1.54) is 11.8 Å². The van der Waals surface area contributed by atoms with Gasteiger partial charge in [0.15, 0.2) is 5.17 Å². The van der Waals surface area contributed by atoms with Crippen molar-refractivity contribution >= 4 is 32.9 Å². The van der Waals surface area contributed by atoms with Crippen LogP contribution in [0.4, 0.5) is 0 Å². The Morgan fingerprint density at radius 3 is 2.88 bits per heavy atom. The fourth-order valence-electron chi connectivity index (χ4n) is 1.89. The van der Waals surface area contributed by atoms with Crippen molar-refractivity contribution in [1.29, 1.82) is 0 Å². The summed E-state index contributed by atoms with van der Waals surface area (Å²) in [5.74, 6) is 0.500. The first-order chi connectivity index (χ1) is 7.46. The number of likely N-dealkylation sites (tertiary alicyclic amines) is 1. The van der Waals surface area contributed by atoms with Crippen LogP contribution in [0.3, 0.4) is 0 Å². The Hall–Kier alpha value is -0.600. The number of nitrogens with two attached hydrogens (primary N) is 1. The van der Waals surface area contributed by atoms with Crippen LogP contribution in [0.2, 0.25) is 0 Å². The van der Waals surface area contributed by atoms with Gasteiger partial charge in [-0.15, -0.1) is 0 Å². The lowest BCUT2D eigenvalue weighted by Gasteiger charge is -2.14. The molecular formula is C8H13N3O3S2. The van der Waals surface area contributed by atoms with Crippen molar-refractivity contribution in [2.24, 2.45) is 16.0 Å². The number of thioether (sulfide) groups is 1. The number of carbonyl (C=O) groups is 1. The second-order valence-electron chi connectivity index (χ2n) is 3.92. The molecule has 1 fully saturated rings. The van der Waals surface area contributed by atoms with E-state index >= 15 is 0 Å². The number of amidine groups is 1. The number of amides is 1. The molecule has 16 heavy (non-hydrogen) atoms. The van der Waals surface area contributed by atoms with Crippen LogP contribution in [0.1, 0.15) is 6.42 Å². The molecule has 0 aliphatic carbocycles. The van der Waals surface area contributed by atoms with Crippen molar-refractivity contribution in [2.45, 2.75) is 6.42 Å². The maximum atomic E-state index is 11.7. The van der Waals surface area contributed by atoms with Gasteiger partial charge in [-0.25, -0.2) is 13.6 Å². The van der Waals surface area contributed by atoms with E-state index in [0.29, 0.717) is 6.54 Å². The highest BCUT2D eigenvalue weighted by atomic mass is 32.2. The third-order valence-electron chi connectivity index (χ3n) is 2.47. The molecule has 0 aromatic rings. The van der Waals surface area contributed by atoms with E-state index in [-0.39, 0.29) is 24.0 Å². The van der Waals surface area contributed by atoms with Gasteiger partial charge in [0.05, 0.1) is 12.3 Å². The van der Waals surface area contributed by atoms with Crippen molar-refractivity contribution < 1.29 is 13.2 Å². The molecule has 90 valence electrons. The molecule has 0 radical (unpaired) electrons. The van der Waals surface area contributed by atoms with Gasteiger partial charge in [0.1, 0.15) is 0 Å². The van der Waals surface area contributed by atoms with Crippen molar-refractivity contribution in [3.63, 3.8) is 0 Å². The number of rotatable bonds is 2. The summed E-state index contributed by atoms with van der Waals surface area (Å²) < 4.78 is 21.9. The Labute approximate surface area is 98.3 Å². The van der Waals surface area contributed by atoms with Gasteiger partial charge in [0.2, 0.25) is 15.9 Å². The molecule has 0 saturated carbocycles. The van der Waals surface area contributed by atoms with Crippen LogP contribution in [0.5, 0.6) is 0 Å². The first-order valence-electron chi connectivity index (χ1n) is 4.94. The Bertz CT molecular complexity index is 432. The second-order valence-corrected chi connectivity index (χ2v) is 6.64. The SMILES string of the molecule is NS(=O)(=O)CC1CC(=O)N(C2=NCCS2)C1. The van der Waals surface area contributed by atoms with Gasteiger partial charge in [-0.3, -0.25) is 14.7 Å². The zero-order valence-corrected chi connectivity index (χ0v) is 10.3. The van der Waals surface area contributed by atoms with E-state index in [0.717, 1.165) is 17.5 Å². The molecule has 2 aliphatic rings. The Morgan fingerprint density at radius 1 is 1.56 bits per heavy atom. The minimum atomic E-state index is -3.50. The summed E-state index contributed by atoms with van der Waals surface area (Å²) in [7, 11) is -3.50. The summed E-state index contributed by atoms with van der Waals surface area (Å²) in [6.07, 6.45) is 0.246. The fraction of sp³-hybridized carbons (Fsp3) is 0.750. The molecule has 1 saturated heterocycles. The fourth-order valence-corrected chi connectivity index (χ4v) is 3.65. The summed E-state index contributed by atoms with van der Waals surface area (Å²) in [5.41, 5.74) is 0. The third kappa shape index (κ3) is 2.74. The summed E-state index contributed by atoms with van der Waals surface area (Å²) in [4.78, 5) is 17.4. The summed E-state index contributed by atoms with van der Waals surface area (Å²) in [5, 5.41) is 5.69. The van der Waals surface area contributed by atoms with Gasteiger partial charge < -0.3 is 0 Å². The monoisotopic (exact) mass is 263 g/mol. The molecule has 0 aromatic heterocycles. The first kappa shape index (κ1) is 11.9. The summed E-state index contributed by atoms with van der Waals surface area (Å²) in [6.45, 7) is 1.14. The molecule has 2 heterocycles. The smallest absolute Gasteiger partial charge is 0.228 e. The van der Waals surface area contributed by atoms with E-state index < -0.39 is 10.0 Å². The highest BCUT2D eigenvalue weighted by molar-refractivity contribution is 8.14. The summed E-state index contributed by atoms with van der Waals surface area (Å²) in [6, 6.07) is 0. The van der Waals surface area contributed by atoms with Crippen molar-refractivity contribution in [3.05, 3.63) is 0 Å². The maximum absolute atomic E-state index is 11.7. The van der Waals surface area contributed by atoms with E-state index in [2.05, 4.69) is 4.99 Å². The zero-order chi connectivity index (χ0) is 11.8. The molecule has 0 bridgehead atoms. The van der Waals surface area contributed by atoms with Crippen LogP contribution >= 0.6 is 11.8 Å². The van der Waals surface area contributed by atoms with Crippen LogP contribution in [0.25, 0.3) is 0 Å². The van der Waals surface area contributed by atoms with Gasteiger partial charge in [-0.05, 0) is 0 Å². The van der Waals surface area contributed by atoms with E-state index in [4.69, 9.17) is 5.14 Å². The number of sulfonamides is 1. The Morgan fingerprint density at radius 2 is 2.31 bits per heavy atom. The molecule has 2 rings (SSSR count). The molecule has 1 unspecified atom stereocenters. The molecule has 1 atom stereocenters. The van der Waals surface area contributed by atoms with Gasteiger partial charge in [-0.2, -0.15) is 0 Å². The van der Waals surface area contributed by atoms with Crippen molar-refractivity contribution in [2.75, 3.05) is 24.6 Å². The lowest BCUT2D eigenvalue weighted by Crippen LogP contribution is -2.30. The number of carbonyl (C=O) groups excluding carboxylic acids is 1. The lowest BCUT2D eigenvalue weighted by atomic mass is 10.1. The van der Waals surface area contributed by atoms with Crippen LogP contribution < -0.4 is 5.14 Å². The Kier molecular flexibility index (Phi) is 3.22. The quantitative estimate of drug-likeness (QED) is 0.707. The maximum Gasteiger partial charge on any atom is 0.228 e. The molecule has 2 aliphatic heterocycles. The number of primary sulfonamides is 1. The van der Waals surface area contributed by atoms with Gasteiger partial charge in [-0.1, -0.05) is 11.8 Å². The largest absolute Gasteiger partial charge is 0.291 e. The second kappa shape index (κ2) is 4.34. The first-order valence-corrected chi connectivity index (χ1v) is 7.64. The van der Waals surface area contributed by atoms with E-state index in [9.17, 15) is 13.2 Å². The van der Waals surface area contributed by atoms with Crippen molar-refractivity contribution in [3.8, 4) is 0 Å². The normalized spacial score (nSPS) is 26.3. The molecule has 0 aromatic carbocycles. The predicted molar refractivity (Wildman–Crippen MR) is 62.6 cm³/mol. The molecular weight excluding hydrogens is 250 g/mol. The topological polar surface area (TPSA) is 92.8 Å². The summed E-state index contributed by atoms with van der Waals surface area (Å²) >= 11 is 1.54. The third-order valence-corrected chi connectivity index (χ3v) is 4.40. The number of hydrogen-bond donors (Lipinski definition) is 1. The molecule has 1 amide bonds. The zero-order valence-electron chi connectivity index (χ0n) is 8.63. The van der Waals surface area contributed by atoms with Crippen LogP contribution in [-0.2, 0) is 14.8 Å². The molecule has 2 N–H and O–H groups in total. The van der Waals surface area contributed by atoms with Gasteiger partial charge >= 0.3 is 0 Å². The minimum Gasteiger partial charge on any atom is -0.291 e. The van der Waals surface area contributed by atoms with Crippen LogP contribution in [0, 0.1) is 5.92 Å². The van der Waals surface area contributed by atoms with E-state index in [1.54, 1.807) is 4.90 Å². The van der Waals surface area contributed by atoms with Gasteiger partial charge in [0, 0.05) is 24.6 Å². The standard InChI is InChI=1S/C8H13N3O3S2/c9-16(13,14)5-6-3-7(12)11(4-6)8-10-1-2-15-8/h6H,1-5H2,(H2,9,13,14). The highest BCUT2D eigenvalue weighted by Crippen LogP contribution is 2.25. The average molecular weight is 263 g/mol. The lowest BCUT2D eigenvalue weighted by molar-refractivity contribution is -0.124. The van der Waals surface area contributed by atoms with E-state index in [1.807, 2.05) is 0 Å². The predicted octanol–water partition coefficient (Wildman–Crippen LogP) is -0.774. The Balaban J connectivity index is 2.02. The van der Waals surface area contributed by atoms with Gasteiger partial charge in [0.25, 0.3) is 0 Å². The number of nitrogens with zero attached hydrogens (tertiary/aromatic N) is 2. The number of aliphatic imine (C=N–C) groups is 1. The molecule has 8 heteroatoms. The van der Waals surface area contributed by atoms with Crippen LogP contribution in [0.15, 0.2) is 4.99 Å². The highest BCUT2D eigenvalue weighted by Gasteiger charge is 2.35. The van der Waals surface area contributed by atoms with Crippen LogP contribution in [-0.4, -0.2) is 49.0 Å². The van der Waals surface area contributed by atoms with Crippen molar-refractivity contribution in [1.82, 2.24) is 4.90 Å². The molecule has 6 nitrogen and oxygen atoms in total.